The molecule has 2 aliphatic rings. The zero-order valence-corrected chi connectivity index (χ0v) is 24.4. The van der Waals surface area contributed by atoms with Gasteiger partial charge in [-0.2, -0.15) is 8.78 Å². The average Bonchev–Trinajstić information content (AvgIpc) is 3.80. The van der Waals surface area contributed by atoms with Gasteiger partial charge in [-0.3, -0.25) is 9.88 Å². The number of aromatic nitrogens is 1. The Morgan fingerprint density at radius 2 is 1.69 bits per heavy atom. The molecule has 0 amide bonds. The van der Waals surface area contributed by atoms with Gasteiger partial charge in [-0.05, 0) is 72.6 Å². The van der Waals surface area contributed by atoms with E-state index < -0.39 is 18.7 Å². The van der Waals surface area contributed by atoms with E-state index >= 15 is 0 Å². The molecule has 2 aromatic carbocycles. The SMILES string of the molecule is O=C(OC(Cc1c(Cl)cncc1Cl)c1ccc(OC(F)F)c(OCC2CC2)c1)c1ccc(CN2CCC(O)CC2)cc1. The lowest BCUT2D eigenvalue weighted by Gasteiger charge is -2.29. The largest absolute Gasteiger partial charge is 0.489 e. The van der Waals surface area contributed by atoms with Crippen LogP contribution in [0.15, 0.2) is 54.9 Å². The fraction of sp³-hybridized carbons (Fsp3) is 0.419. The van der Waals surface area contributed by atoms with Crippen LogP contribution in [0.1, 0.15) is 58.8 Å². The monoisotopic (exact) mass is 620 g/mol. The number of alkyl halides is 2. The molecule has 2 fully saturated rings. The van der Waals surface area contributed by atoms with E-state index in [0.29, 0.717) is 39.3 Å². The van der Waals surface area contributed by atoms with Gasteiger partial charge in [-0.25, -0.2) is 4.79 Å². The number of benzene rings is 2. The number of carbonyl (C=O) groups excluding carboxylic acids is 1. The number of hydrogen-bond acceptors (Lipinski definition) is 7. The van der Waals surface area contributed by atoms with E-state index in [4.69, 9.17) is 32.7 Å². The Bertz CT molecular complexity index is 1350. The molecule has 3 aromatic rings. The molecular formula is C31H32Cl2F2N2O5. The van der Waals surface area contributed by atoms with E-state index in [9.17, 15) is 18.7 Å². The zero-order chi connectivity index (χ0) is 29.6. The second-order valence-corrected chi connectivity index (χ2v) is 11.5. The summed E-state index contributed by atoms with van der Waals surface area (Å²) in [7, 11) is 0. The van der Waals surface area contributed by atoms with E-state index in [-0.39, 0.29) is 24.0 Å². The first kappa shape index (κ1) is 30.5. The second-order valence-electron chi connectivity index (χ2n) is 10.7. The highest BCUT2D eigenvalue weighted by Crippen LogP contribution is 2.38. The van der Waals surface area contributed by atoms with Crippen LogP contribution in [0.4, 0.5) is 8.78 Å². The third kappa shape index (κ3) is 8.31. The van der Waals surface area contributed by atoms with Crippen LogP contribution < -0.4 is 9.47 Å². The fourth-order valence-electron chi connectivity index (χ4n) is 4.85. The zero-order valence-electron chi connectivity index (χ0n) is 22.9. The first-order valence-corrected chi connectivity index (χ1v) is 14.7. The van der Waals surface area contributed by atoms with Gasteiger partial charge in [0.1, 0.15) is 6.10 Å². The smallest absolute Gasteiger partial charge is 0.387 e. The third-order valence-electron chi connectivity index (χ3n) is 7.47. The van der Waals surface area contributed by atoms with Crippen molar-refractivity contribution in [1.82, 2.24) is 9.88 Å². The first-order valence-electron chi connectivity index (χ1n) is 13.9. The maximum atomic E-state index is 13.4. The number of carbonyl (C=O) groups is 1. The number of nitrogens with zero attached hydrogens (tertiary/aromatic N) is 2. The molecule has 7 nitrogen and oxygen atoms in total. The van der Waals surface area contributed by atoms with Gasteiger partial charge in [0.2, 0.25) is 0 Å². The number of aliphatic hydroxyl groups excluding tert-OH is 1. The minimum atomic E-state index is -3.02. The standard InChI is InChI=1S/C31H32Cl2F2N2O5/c32-25-15-36-16-26(33)24(25)14-28(22-7-8-27(42-31(34)35)29(13-22)40-18-20-1-2-20)41-30(39)21-5-3-19(4-6-21)17-37-11-9-23(38)10-12-37/h3-8,13,15-16,20,23,28,31,38H,1-2,9-12,14,17-18H2. The Kier molecular flexibility index (Phi) is 10.2. The van der Waals surface area contributed by atoms with Crippen LogP contribution in [-0.2, 0) is 17.7 Å². The van der Waals surface area contributed by atoms with Gasteiger partial charge in [0.15, 0.2) is 11.5 Å². The van der Waals surface area contributed by atoms with E-state index in [1.165, 1.54) is 18.5 Å². The minimum Gasteiger partial charge on any atom is -0.489 e. The van der Waals surface area contributed by atoms with Crippen molar-refractivity contribution in [1.29, 1.82) is 0 Å². The minimum absolute atomic E-state index is 0.0988. The highest BCUT2D eigenvalue weighted by atomic mass is 35.5. The molecule has 11 heteroatoms. The van der Waals surface area contributed by atoms with Crippen molar-refractivity contribution in [2.24, 2.45) is 5.92 Å². The Morgan fingerprint density at radius 3 is 2.33 bits per heavy atom. The summed E-state index contributed by atoms with van der Waals surface area (Å²) in [5, 5.41) is 10.4. The predicted molar refractivity (Wildman–Crippen MR) is 154 cm³/mol. The summed E-state index contributed by atoms with van der Waals surface area (Å²) in [6.07, 6.45) is 5.44. The molecule has 1 aliphatic carbocycles. The number of halogens is 4. The van der Waals surface area contributed by atoms with Gasteiger partial charge in [-0.15, -0.1) is 0 Å². The van der Waals surface area contributed by atoms with E-state index in [0.717, 1.165) is 50.9 Å². The molecule has 224 valence electrons. The van der Waals surface area contributed by atoms with Crippen molar-refractivity contribution < 1.29 is 32.9 Å². The quantitative estimate of drug-likeness (QED) is 0.221. The molecule has 1 N–H and O–H groups in total. The maximum absolute atomic E-state index is 13.4. The van der Waals surface area contributed by atoms with E-state index in [1.807, 2.05) is 12.1 Å². The molecule has 42 heavy (non-hydrogen) atoms. The van der Waals surface area contributed by atoms with Crippen molar-refractivity contribution in [3.8, 4) is 11.5 Å². The van der Waals surface area contributed by atoms with Crippen LogP contribution >= 0.6 is 23.2 Å². The summed E-state index contributed by atoms with van der Waals surface area (Å²) >= 11 is 12.8. The van der Waals surface area contributed by atoms with Crippen molar-refractivity contribution in [3.63, 3.8) is 0 Å². The van der Waals surface area contributed by atoms with E-state index in [1.54, 1.807) is 24.3 Å². The summed E-state index contributed by atoms with van der Waals surface area (Å²) in [6, 6.07) is 11.7. The highest BCUT2D eigenvalue weighted by Gasteiger charge is 2.26. The topological polar surface area (TPSA) is 81.1 Å². The van der Waals surface area contributed by atoms with Crippen LogP contribution in [0.2, 0.25) is 10.0 Å². The molecule has 1 aromatic heterocycles. The van der Waals surface area contributed by atoms with Crippen LogP contribution in [0.25, 0.3) is 0 Å². The Hall–Kier alpha value is -2.98. The molecule has 1 saturated heterocycles. The molecule has 0 radical (unpaired) electrons. The molecule has 0 spiro atoms. The van der Waals surface area contributed by atoms with Crippen LogP contribution in [0.3, 0.4) is 0 Å². The highest BCUT2D eigenvalue weighted by molar-refractivity contribution is 6.35. The van der Waals surface area contributed by atoms with Crippen molar-refractivity contribution in [2.45, 2.75) is 57.5 Å². The third-order valence-corrected chi connectivity index (χ3v) is 8.12. The van der Waals surface area contributed by atoms with Crippen LogP contribution in [-0.4, -0.2) is 53.4 Å². The fourth-order valence-corrected chi connectivity index (χ4v) is 5.37. The Morgan fingerprint density at radius 1 is 1.00 bits per heavy atom. The number of piperidine rings is 1. The first-order chi connectivity index (χ1) is 20.2. The normalized spacial score (nSPS) is 16.8. The number of pyridine rings is 1. The number of hydrogen-bond donors (Lipinski definition) is 1. The van der Waals surface area contributed by atoms with Gasteiger partial charge in [0, 0.05) is 38.4 Å². The summed E-state index contributed by atoms with van der Waals surface area (Å²) in [6.45, 7) is -0.285. The number of rotatable bonds is 12. The van der Waals surface area contributed by atoms with Crippen LogP contribution in [0.5, 0.6) is 11.5 Å². The van der Waals surface area contributed by atoms with Gasteiger partial charge in [-0.1, -0.05) is 41.4 Å². The van der Waals surface area contributed by atoms with Crippen LogP contribution in [0, 0.1) is 5.92 Å². The van der Waals surface area contributed by atoms with Crippen molar-refractivity contribution >= 4 is 29.2 Å². The molecule has 5 rings (SSSR count). The Labute approximate surface area is 253 Å². The summed E-state index contributed by atoms with van der Waals surface area (Å²) < 4.78 is 42.7. The number of aliphatic hydroxyl groups is 1. The van der Waals surface area contributed by atoms with E-state index in [2.05, 4.69) is 14.6 Å². The number of likely N-dealkylation sites (tertiary alicyclic amines) is 1. The summed E-state index contributed by atoms with van der Waals surface area (Å²) in [5.41, 5.74) is 2.43. The lowest BCUT2D eigenvalue weighted by atomic mass is 10.0. The van der Waals surface area contributed by atoms with Gasteiger partial charge in [0.05, 0.1) is 28.3 Å². The number of ether oxygens (including phenoxy) is 3. The molecule has 1 aliphatic heterocycles. The molecule has 0 bridgehead atoms. The van der Waals surface area contributed by atoms with Gasteiger partial charge >= 0.3 is 12.6 Å². The summed E-state index contributed by atoms with van der Waals surface area (Å²) in [5.74, 6) is -0.150. The second kappa shape index (κ2) is 14.0. The lowest BCUT2D eigenvalue weighted by molar-refractivity contribution is -0.0515. The Balaban J connectivity index is 1.37. The molecule has 1 unspecified atom stereocenters. The lowest BCUT2D eigenvalue weighted by Crippen LogP contribution is -2.35. The van der Waals surface area contributed by atoms with Crippen molar-refractivity contribution in [2.75, 3.05) is 19.7 Å². The van der Waals surface area contributed by atoms with Crippen molar-refractivity contribution in [3.05, 3.63) is 87.2 Å². The van der Waals surface area contributed by atoms with Gasteiger partial charge < -0.3 is 19.3 Å². The molecule has 1 saturated carbocycles. The number of esters is 1. The average molecular weight is 622 g/mol. The maximum Gasteiger partial charge on any atom is 0.387 e. The summed E-state index contributed by atoms with van der Waals surface area (Å²) in [4.78, 5) is 19.6. The van der Waals surface area contributed by atoms with Gasteiger partial charge in [0.25, 0.3) is 0 Å². The molecular weight excluding hydrogens is 589 g/mol. The molecule has 1 atom stereocenters. The predicted octanol–water partition coefficient (Wildman–Crippen LogP) is 6.88. The molecule has 2 heterocycles.